The summed E-state index contributed by atoms with van der Waals surface area (Å²) >= 11 is 6.28. The number of benzene rings is 2. The van der Waals surface area contributed by atoms with Crippen LogP contribution in [0.1, 0.15) is 35.2 Å². The lowest BCUT2D eigenvalue weighted by Gasteiger charge is -2.40. The van der Waals surface area contributed by atoms with Crippen molar-refractivity contribution in [2.24, 2.45) is 0 Å². The van der Waals surface area contributed by atoms with E-state index in [2.05, 4.69) is 4.90 Å². The number of piperidine rings is 1. The lowest BCUT2D eigenvalue weighted by Crippen LogP contribution is -2.58. The van der Waals surface area contributed by atoms with Crippen molar-refractivity contribution in [2.75, 3.05) is 40.3 Å². The van der Waals surface area contributed by atoms with Crippen molar-refractivity contribution in [2.45, 2.75) is 43.2 Å². The Hall–Kier alpha value is -2.82. The van der Waals surface area contributed by atoms with Crippen molar-refractivity contribution >= 4 is 23.4 Å². The quantitative estimate of drug-likeness (QED) is 0.587. The van der Waals surface area contributed by atoms with Crippen LogP contribution in [0.25, 0.3) is 0 Å². The first-order valence-electron chi connectivity index (χ1n) is 12.5. The van der Waals surface area contributed by atoms with E-state index < -0.39 is 23.2 Å². The van der Waals surface area contributed by atoms with E-state index in [9.17, 15) is 27.9 Å². The summed E-state index contributed by atoms with van der Waals surface area (Å²) in [6.45, 7) is 1.62. The van der Waals surface area contributed by atoms with Gasteiger partial charge < -0.3 is 19.6 Å². The van der Waals surface area contributed by atoms with E-state index in [-0.39, 0.29) is 31.1 Å². The third kappa shape index (κ3) is 5.62. The van der Waals surface area contributed by atoms with Crippen LogP contribution in [0, 0.1) is 0 Å². The number of hydrogen-bond donors (Lipinski definition) is 1. The van der Waals surface area contributed by atoms with Gasteiger partial charge in [0, 0.05) is 51.9 Å². The standard InChI is InChI=1S/C27H31ClF3N3O4/c1-32(2)24(35)22-9-8-20(16-23(22)28)38-21-12-15-34(17-21)19-10-13-33(14-11-19)25(36)26(37,27(29,30)31)18-6-4-3-5-7-18/h3-9,16,19,21,37H,10-15,17H2,1-2H3/t21-,26-/m1/s1. The number of amides is 2. The van der Waals surface area contributed by atoms with E-state index in [0.717, 1.165) is 30.0 Å². The Morgan fingerprint density at radius 1 is 1.03 bits per heavy atom. The maximum absolute atomic E-state index is 13.9. The fourth-order valence-corrected chi connectivity index (χ4v) is 5.36. The average Bonchev–Trinajstić information content (AvgIpc) is 3.35. The van der Waals surface area contributed by atoms with E-state index >= 15 is 0 Å². The minimum absolute atomic E-state index is 0.0898. The summed E-state index contributed by atoms with van der Waals surface area (Å²) in [5, 5.41) is 10.9. The third-order valence-corrected chi connectivity index (χ3v) is 7.55. The maximum Gasteiger partial charge on any atom is 0.430 e. The zero-order valence-corrected chi connectivity index (χ0v) is 22.0. The Kier molecular flexibility index (Phi) is 8.25. The van der Waals surface area contributed by atoms with Gasteiger partial charge in [-0.05, 0) is 37.5 Å². The van der Waals surface area contributed by atoms with Crippen molar-refractivity contribution in [3.63, 3.8) is 0 Å². The number of rotatable bonds is 6. The van der Waals surface area contributed by atoms with Crippen LogP contribution in [-0.4, -0.2) is 90.2 Å². The largest absolute Gasteiger partial charge is 0.489 e. The number of alkyl halides is 3. The number of aliphatic hydroxyl groups is 1. The molecule has 2 amide bonds. The molecule has 11 heteroatoms. The lowest BCUT2D eigenvalue weighted by molar-refractivity contribution is -0.262. The molecule has 2 aliphatic heterocycles. The second kappa shape index (κ2) is 11.1. The van der Waals surface area contributed by atoms with Crippen LogP contribution in [0.2, 0.25) is 5.02 Å². The van der Waals surface area contributed by atoms with Crippen molar-refractivity contribution < 1.29 is 32.6 Å². The van der Waals surface area contributed by atoms with Crippen LogP contribution in [0.4, 0.5) is 13.2 Å². The molecular formula is C27H31ClF3N3O4. The van der Waals surface area contributed by atoms with Gasteiger partial charge in [-0.2, -0.15) is 13.2 Å². The number of carbonyl (C=O) groups is 2. The first-order valence-corrected chi connectivity index (χ1v) is 12.9. The van der Waals surface area contributed by atoms with Gasteiger partial charge in [-0.25, -0.2) is 0 Å². The van der Waals surface area contributed by atoms with E-state index in [4.69, 9.17) is 16.3 Å². The summed E-state index contributed by atoms with van der Waals surface area (Å²) in [7, 11) is 3.30. The minimum Gasteiger partial charge on any atom is -0.489 e. The highest BCUT2D eigenvalue weighted by atomic mass is 35.5. The van der Waals surface area contributed by atoms with Crippen LogP contribution in [0.5, 0.6) is 5.75 Å². The molecule has 0 unspecified atom stereocenters. The van der Waals surface area contributed by atoms with E-state index in [1.54, 1.807) is 32.3 Å². The van der Waals surface area contributed by atoms with Gasteiger partial charge in [0.25, 0.3) is 17.4 Å². The highest BCUT2D eigenvalue weighted by Crippen LogP contribution is 2.41. The van der Waals surface area contributed by atoms with Crippen LogP contribution in [0.15, 0.2) is 48.5 Å². The molecular weight excluding hydrogens is 523 g/mol. The Bertz CT molecular complexity index is 1160. The highest BCUT2D eigenvalue weighted by molar-refractivity contribution is 6.34. The summed E-state index contributed by atoms with van der Waals surface area (Å²) in [5.74, 6) is -0.980. The predicted molar refractivity (Wildman–Crippen MR) is 136 cm³/mol. The Morgan fingerprint density at radius 3 is 2.26 bits per heavy atom. The molecule has 2 saturated heterocycles. The van der Waals surface area contributed by atoms with Crippen LogP contribution in [-0.2, 0) is 10.4 Å². The molecule has 0 aliphatic carbocycles. The first-order chi connectivity index (χ1) is 17.9. The molecule has 206 valence electrons. The van der Waals surface area contributed by atoms with Gasteiger partial charge in [0.15, 0.2) is 0 Å². The molecule has 4 rings (SSSR count). The summed E-state index contributed by atoms with van der Waals surface area (Å²) in [6, 6.07) is 11.5. The summed E-state index contributed by atoms with van der Waals surface area (Å²) in [5.41, 5.74) is -3.68. The van der Waals surface area contributed by atoms with Gasteiger partial charge in [-0.3, -0.25) is 14.5 Å². The molecule has 0 radical (unpaired) electrons. The Balaban J connectivity index is 1.34. The first kappa shape index (κ1) is 28.2. The SMILES string of the molecule is CN(C)C(=O)c1ccc(O[C@@H]2CCN(C3CCN(C(=O)[C@](O)(c4ccccc4)C(F)(F)F)CC3)C2)cc1Cl. The minimum atomic E-state index is -5.15. The molecule has 2 fully saturated rings. The normalized spacial score (nSPS) is 20.7. The van der Waals surface area contributed by atoms with Gasteiger partial charge >= 0.3 is 6.18 Å². The summed E-state index contributed by atoms with van der Waals surface area (Å²) in [6.07, 6.45) is -3.50. The number of ether oxygens (including phenoxy) is 1. The molecule has 0 aromatic heterocycles. The smallest absolute Gasteiger partial charge is 0.430 e. The molecule has 0 bridgehead atoms. The zero-order chi connectivity index (χ0) is 27.7. The lowest BCUT2D eigenvalue weighted by atomic mass is 9.90. The zero-order valence-electron chi connectivity index (χ0n) is 21.2. The highest BCUT2D eigenvalue weighted by Gasteiger charge is 2.62. The summed E-state index contributed by atoms with van der Waals surface area (Å²) < 4.78 is 47.8. The number of halogens is 4. The van der Waals surface area contributed by atoms with Crippen molar-refractivity contribution in [1.29, 1.82) is 0 Å². The maximum atomic E-state index is 13.9. The third-order valence-electron chi connectivity index (χ3n) is 7.24. The second-order valence-electron chi connectivity index (χ2n) is 9.96. The van der Waals surface area contributed by atoms with E-state index in [1.165, 1.54) is 23.1 Å². The van der Waals surface area contributed by atoms with Crippen molar-refractivity contribution in [3.05, 3.63) is 64.7 Å². The molecule has 0 saturated carbocycles. The Morgan fingerprint density at radius 2 is 1.68 bits per heavy atom. The fraction of sp³-hybridized carbons (Fsp3) is 0.481. The van der Waals surface area contributed by atoms with Gasteiger partial charge in [0.2, 0.25) is 0 Å². The monoisotopic (exact) mass is 553 g/mol. The van der Waals surface area contributed by atoms with E-state index in [0.29, 0.717) is 35.7 Å². The molecule has 2 atom stereocenters. The molecule has 38 heavy (non-hydrogen) atoms. The molecule has 7 nitrogen and oxygen atoms in total. The molecule has 1 N–H and O–H groups in total. The summed E-state index contributed by atoms with van der Waals surface area (Å²) in [4.78, 5) is 29.9. The number of likely N-dealkylation sites (tertiary alicyclic amines) is 2. The van der Waals surface area contributed by atoms with Gasteiger partial charge in [0.1, 0.15) is 11.9 Å². The predicted octanol–water partition coefficient (Wildman–Crippen LogP) is 3.94. The Labute approximate surface area is 224 Å². The number of nitrogens with zero attached hydrogens (tertiary/aromatic N) is 3. The van der Waals surface area contributed by atoms with Crippen LogP contribution >= 0.6 is 11.6 Å². The second-order valence-corrected chi connectivity index (χ2v) is 10.4. The average molecular weight is 554 g/mol. The van der Waals surface area contributed by atoms with E-state index in [1.807, 2.05) is 0 Å². The fourth-order valence-electron chi connectivity index (χ4n) is 5.11. The van der Waals surface area contributed by atoms with Crippen molar-refractivity contribution in [3.8, 4) is 5.75 Å². The molecule has 0 spiro atoms. The molecule has 2 aliphatic rings. The number of carbonyl (C=O) groups excluding carboxylic acids is 2. The van der Waals surface area contributed by atoms with Gasteiger partial charge in [-0.1, -0.05) is 41.9 Å². The van der Waals surface area contributed by atoms with Gasteiger partial charge in [-0.15, -0.1) is 0 Å². The molecule has 2 heterocycles. The molecule has 2 aromatic rings. The number of hydrogen-bond acceptors (Lipinski definition) is 5. The van der Waals surface area contributed by atoms with Crippen LogP contribution in [0.3, 0.4) is 0 Å². The van der Waals surface area contributed by atoms with Crippen LogP contribution < -0.4 is 4.74 Å². The molecule has 2 aromatic carbocycles. The van der Waals surface area contributed by atoms with Crippen molar-refractivity contribution in [1.82, 2.24) is 14.7 Å². The van der Waals surface area contributed by atoms with Gasteiger partial charge in [0.05, 0.1) is 10.6 Å². The topological polar surface area (TPSA) is 73.3 Å².